The first-order valence-corrected chi connectivity index (χ1v) is 3.66. The summed E-state index contributed by atoms with van der Waals surface area (Å²) < 4.78 is 62.5. The lowest BCUT2D eigenvalue weighted by Crippen LogP contribution is -2.37. The van der Waals surface area contributed by atoms with Crippen LogP contribution in [0.5, 0.6) is 0 Å². The van der Waals surface area contributed by atoms with Gasteiger partial charge in [-0.3, -0.25) is 9.35 Å². The van der Waals surface area contributed by atoms with Crippen LogP contribution in [-0.2, 0) is 14.9 Å². The van der Waals surface area contributed by atoms with E-state index in [1.54, 1.807) is 0 Å². The van der Waals surface area contributed by atoms with Crippen molar-refractivity contribution in [3.05, 3.63) is 0 Å². The summed E-state index contributed by atoms with van der Waals surface area (Å²) in [5, 5.41) is 0. The van der Waals surface area contributed by atoms with Gasteiger partial charge in [0.05, 0.1) is 0 Å². The quantitative estimate of drug-likeness (QED) is 0.504. The van der Waals surface area contributed by atoms with Crippen LogP contribution in [0.4, 0.5) is 13.2 Å². The third kappa shape index (κ3) is 2.46. The van der Waals surface area contributed by atoms with Gasteiger partial charge in [0, 0.05) is 0 Å². The Balaban J connectivity index is 4.77. The lowest BCUT2D eigenvalue weighted by Gasteiger charge is -2.10. The van der Waals surface area contributed by atoms with Crippen molar-refractivity contribution >= 4 is 16.4 Å². The van der Waals surface area contributed by atoms with Gasteiger partial charge in [0.15, 0.2) is 6.29 Å². The van der Waals surface area contributed by atoms with Crippen LogP contribution in [0.2, 0.25) is 0 Å². The van der Waals surface area contributed by atoms with Crippen LogP contribution in [0.1, 0.15) is 0 Å². The van der Waals surface area contributed by atoms with E-state index >= 15 is 0 Å². The molecule has 1 N–H and O–H groups in total. The number of hydrogen-bond donors (Lipinski definition) is 1. The van der Waals surface area contributed by atoms with Crippen LogP contribution in [0.25, 0.3) is 0 Å². The van der Waals surface area contributed by atoms with E-state index in [-0.39, 0.29) is 0 Å². The van der Waals surface area contributed by atoms with E-state index in [1.807, 2.05) is 0 Å². The second kappa shape index (κ2) is 2.78. The topological polar surface area (TPSA) is 71.4 Å². The highest BCUT2D eigenvalue weighted by atomic mass is 32.2. The van der Waals surface area contributed by atoms with Gasteiger partial charge in [-0.1, -0.05) is 0 Å². The van der Waals surface area contributed by atoms with Gasteiger partial charge in [0.1, 0.15) is 0 Å². The summed E-state index contributed by atoms with van der Waals surface area (Å²) in [4.78, 5) is 9.35. The van der Waals surface area contributed by atoms with E-state index in [9.17, 15) is 26.4 Å². The molecule has 0 fully saturated rings. The smallest absolute Gasteiger partial charge is 0.297 e. The van der Waals surface area contributed by atoms with E-state index in [4.69, 9.17) is 4.55 Å². The van der Waals surface area contributed by atoms with Crippen LogP contribution < -0.4 is 0 Å². The number of aldehydes is 1. The fourth-order valence-electron chi connectivity index (χ4n) is 0.252. The average molecular weight is 192 g/mol. The van der Waals surface area contributed by atoms with Gasteiger partial charge in [-0.25, -0.2) is 4.39 Å². The van der Waals surface area contributed by atoms with Gasteiger partial charge in [-0.2, -0.15) is 17.2 Å². The molecule has 1 unspecified atom stereocenters. The average Bonchev–Trinajstić information content (AvgIpc) is 1.84. The Labute approximate surface area is 59.8 Å². The molecule has 1 atom stereocenters. The molecule has 0 spiro atoms. The van der Waals surface area contributed by atoms with Gasteiger partial charge in [0.2, 0.25) is 0 Å². The fourth-order valence-corrected chi connectivity index (χ4v) is 0.705. The summed E-state index contributed by atoms with van der Waals surface area (Å²) in [6.45, 7) is 0. The minimum atomic E-state index is -5.52. The number of carbonyl (C=O) groups excluding carboxylic acids is 1. The minimum Gasteiger partial charge on any atom is -0.297 e. The molecule has 0 aliphatic rings. The minimum absolute atomic E-state index is 1.19. The van der Waals surface area contributed by atoms with Gasteiger partial charge in [-0.05, 0) is 0 Å². The first kappa shape index (κ1) is 10.4. The number of alkyl halides is 3. The zero-order valence-electron chi connectivity index (χ0n) is 4.87. The number of rotatable bonds is 3. The van der Waals surface area contributed by atoms with Crippen molar-refractivity contribution in [2.75, 3.05) is 0 Å². The maximum Gasteiger partial charge on any atom is 0.349 e. The molecule has 8 heteroatoms. The Morgan fingerprint density at radius 3 is 1.91 bits per heavy atom. The molecular formula is C3H3F3O4S. The lowest BCUT2D eigenvalue weighted by atomic mass is 10.4. The Bertz CT molecular complexity index is 245. The van der Waals surface area contributed by atoms with Gasteiger partial charge in [-0.15, -0.1) is 0 Å². The maximum atomic E-state index is 11.9. The molecule has 11 heavy (non-hydrogen) atoms. The molecule has 0 aliphatic carbocycles. The highest BCUT2D eigenvalue weighted by Crippen LogP contribution is 2.22. The maximum absolute atomic E-state index is 11.9. The van der Waals surface area contributed by atoms with E-state index in [1.165, 1.54) is 0 Å². The molecule has 66 valence electrons. The van der Waals surface area contributed by atoms with Gasteiger partial charge < -0.3 is 0 Å². The van der Waals surface area contributed by atoms with Crippen LogP contribution in [0.15, 0.2) is 0 Å². The van der Waals surface area contributed by atoms with Crippen LogP contribution in [-0.4, -0.2) is 30.7 Å². The normalized spacial score (nSPS) is 16.0. The third-order valence-electron chi connectivity index (χ3n) is 0.721. The van der Waals surface area contributed by atoms with Crippen molar-refractivity contribution in [1.82, 2.24) is 0 Å². The highest BCUT2D eigenvalue weighted by Gasteiger charge is 2.48. The predicted molar refractivity (Wildman–Crippen MR) is 27.5 cm³/mol. The summed E-state index contributed by atoms with van der Waals surface area (Å²) in [6.07, 6.45) is -1.19. The van der Waals surface area contributed by atoms with Crippen molar-refractivity contribution in [2.24, 2.45) is 0 Å². The largest absolute Gasteiger partial charge is 0.349 e. The van der Waals surface area contributed by atoms with Crippen molar-refractivity contribution < 1.29 is 30.9 Å². The summed E-state index contributed by atoms with van der Waals surface area (Å²) in [6, 6.07) is 0. The molecule has 0 aliphatic heterocycles. The molecule has 0 aromatic carbocycles. The molecule has 0 bridgehead atoms. The zero-order valence-corrected chi connectivity index (χ0v) is 5.69. The second-order valence-corrected chi connectivity index (χ2v) is 3.07. The molecular weight excluding hydrogens is 189 g/mol. The molecule has 0 radical (unpaired) electrons. The van der Waals surface area contributed by atoms with E-state index < -0.39 is 27.8 Å². The van der Waals surface area contributed by atoms with Crippen LogP contribution >= 0.6 is 0 Å². The first-order chi connectivity index (χ1) is 4.72. The lowest BCUT2D eigenvalue weighted by molar-refractivity contribution is -0.133. The zero-order chi connectivity index (χ0) is 9.28. The summed E-state index contributed by atoms with van der Waals surface area (Å²) >= 11 is 0. The summed E-state index contributed by atoms with van der Waals surface area (Å²) in [5.74, 6) is -4.70. The van der Waals surface area contributed by atoms with Gasteiger partial charge >= 0.3 is 16.0 Å². The first-order valence-electron chi connectivity index (χ1n) is 2.16. The Morgan fingerprint density at radius 2 is 1.82 bits per heavy atom. The molecule has 0 aromatic rings. The highest BCUT2D eigenvalue weighted by molar-refractivity contribution is 7.86. The monoisotopic (exact) mass is 192 g/mol. The fraction of sp³-hybridized carbons (Fsp3) is 0.667. The van der Waals surface area contributed by atoms with Crippen molar-refractivity contribution in [1.29, 1.82) is 0 Å². The Morgan fingerprint density at radius 1 is 1.45 bits per heavy atom. The molecule has 0 heterocycles. The third-order valence-corrected chi connectivity index (χ3v) is 1.56. The van der Waals surface area contributed by atoms with E-state index in [2.05, 4.69) is 0 Å². The molecule has 0 amide bonds. The molecule has 0 rings (SSSR count). The molecule has 4 nitrogen and oxygen atoms in total. The van der Waals surface area contributed by atoms with Crippen molar-refractivity contribution in [3.63, 3.8) is 0 Å². The standard InChI is InChI=1S/C3H3F3O4S/c4-2(11(8,9)10)3(5,6)1-7/h1-2H,(H,8,9,10). The van der Waals surface area contributed by atoms with E-state index in [0.717, 1.165) is 0 Å². The number of halogens is 3. The second-order valence-electron chi connectivity index (χ2n) is 1.62. The summed E-state index contributed by atoms with van der Waals surface area (Å²) in [5.41, 5.74) is -3.90. The Kier molecular flexibility index (Phi) is 2.62. The van der Waals surface area contributed by atoms with Crippen molar-refractivity contribution in [2.45, 2.75) is 11.4 Å². The number of carbonyl (C=O) groups is 1. The van der Waals surface area contributed by atoms with Gasteiger partial charge in [0.25, 0.3) is 5.50 Å². The van der Waals surface area contributed by atoms with Crippen LogP contribution in [0, 0.1) is 0 Å². The van der Waals surface area contributed by atoms with Crippen molar-refractivity contribution in [3.8, 4) is 0 Å². The molecule has 0 saturated heterocycles. The number of hydrogen-bond acceptors (Lipinski definition) is 3. The van der Waals surface area contributed by atoms with Crippen LogP contribution in [0.3, 0.4) is 0 Å². The molecule has 0 saturated carbocycles. The van der Waals surface area contributed by atoms with E-state index in [0.29, 0.717) is 0 Å². The SMILES string of the molecule is O=CC(F)(F)C(F)S(=O)(=O)O. The Hall–Kier alpha value is -0.630. The molecule has 0 aromatic heterocycles. The predicted octanol–water partition coefficient (Wildman–Crippen LogP) is 0.00400. The summed E-state index contributed by atoms with van der Waals surface area (Å²) in [7, 11) is -5.52.